The fourth-order valence-corrected chi connectivity index (χ4v) is 3.80. The minimum Gasteiger partial charge on any atom is -0.484 e. The number of carbonyl (C=O) groups is 1. The second-order valence-corrected chi connectivity index (χ2v) is 7.78. The van der Waals surface area contributed by atoms with E-state index in [-0.39, 0.29) is 12.5 Å². The van der Waals surface area contributed by atoms with Gasteiger partial charge in [-0.15, -0.1) is 0 Å². The van der Waals surface area contributed by atoms with Crippen molar-refractivity contribution in [3.63, 3.8) is 0 Å². The van der Waals surface area contributed by atoms with Crippen LogP contribution in [0.3, 0.4) is 0 Å². The maximum Gasteiger partial charge on any atom is 0.289 e. The van der Waals surface area contributed by atoms with E-state index in [0.29, 0.717) is 35.4 Å². The Morgan fingerprint density at radius 3 is 2.70 bits per heavy atom. The van der Waals surface area contributed by atoms with Gasteiger partial charge in [0.2, 0.25) is 0 Å². The molecule has 0 bridgehead atoms. The Kier molecular flexibility index (Phi) is 6.35. The molecular formula is C23H24ClN3O3. The third kappa shape index (κ3) is 4.83. The third-order valence-corrected chi connectivity index (χ3v) is 5.48. The van der Waals surface area contributed by atoms with Gasteiger partial charge in [-0.1, -0.05) is 29.8 Å². The molecule has 0 saturated carbocycles. The van der Waals surface area contributed by atoms with Crippen LogP contribution in [0.1, 0.15) is 27.4 Å². The van der Waals surface area contributed by atoms with E-state index >= 15 is 0 Å². The number of hydrogen-bond acceptors (Lipinski definition) is 5. The number of furan rings is 1. The number of aromatic nitrogens is 1. The predicted molar refractivity (Wildman–Crippen MR) is 115 cm³/mol. The van der Waals surface area contributed by atoms with E-state index in [1.807, 2.05) is 36.2 Å². The van der Waals surface area contributed by atoms with Crippen molar-refractivity contribution in [2.24, 2.45) is 0 Å². The van der Waals surface area contributed by atoms with Crippen LogP contribution >= 0.6 is 11.6 Å². The maximum absolute atomic E-state index is 12.8. The molecule has 1 saturated heterocycles. The zero-order valence-corrected chi connectivity index (χ0v) is 17.6. The first-order chi connectivity index (χ1) is 14.6. The van der Waals surface area contributed by atoms with Crippen molar-refractivity contribution in [2.75, 3.05) is 26.2 Å². The zero-order valence-electron chi connectivity index (χ0n) is 16.9. The van der Waals surface area contributed by atoms with Crippen molar-refractivity contribution in [2.45, 2.75) is 20.1 Å². The lowest BCUT2D eigenvalue weighted by atomic mass is 10.2. The highest BCUT2D eigenvalue weighted by molar-refractivity contribution is 6.32. The number of carbonyl (C=O) groups excluding carboxylic acids is 1. The van der Waals surface area contributed by atoms with E-state index in [2.05, 4.69) is 16.0 Å². The quantitative estimate of drug-likeness (QED) is 0.593. The van der Waals surface area contributed by atoms with Crippen LogP contribution in [0.5, 0.6) is 5.75 Å². The Labute approximate surface area is 181 Å². The molecule has 6 nitrogen and oxygen atoms in total. The number of amides is 1. The molecule has 1 aliphatic heterocycles. The molecule has 0 spiro atoms. The Morgan fingerprint density at radius 2 is 1.97 bits per heavy atom. The first-order valence-corrected chi connectivity index (χ1v) is 10.3. The van der Waals surface area contributed by atoms with Crippen molar-refractivity contribution in [3.8, 4) is 5.75 Å². The van der Waals surface area contributed by atoms with Crippen molar-refractivity contribution < 1.29 is 13.9 Å². The molecule has 1 aromatic carbocycles. The summed E-state index contributed by atoms with van der Waals surface area (Å²) in [5, 5.41) is 0.557. The highest BCUT2D eigenvalue weighted by Gasteiger charge is 2.24. The number of rotatable bonds is 6. The summed E-state index contributed by atoms with van der Waals surface area (Å²) in [5.74, 6) is 1.47. The molecule has 156 valence electrons. The first-order valence-electron chi connectivity index (χ1n) is 9.97. The molecule has 4 rings (SSSR count). The molecule has 1 fully saturated rings. The largest absolute Gasteiger partial charge is 0.484 e. The normalized spacial score (nSPS) is 14.7. The lowest BCUT2D eigenvalue weighted by molar-refractivity contribution is 0.0594. The molecule has 3 aromatic rings. The van der Waals surface area contributed by atoms with Gasteiger partial charge in [-0.2, -0.15) is 0 Å². The second kappa shape index (κ2) is 9.32. The van der Waals surface area contributed by atoms with E-state index in [1.165, 1.54) is 5.56 Å². The van der Waals surface area contributed by atoms with Crippen LogP contribution in [0.15, 0.2) is 59.3 Å². The summed E-state index contributed by atoms with van der Waals surface area (Å²) in [6.45, 7) is 5.99. The zero-order chi connectivity index (χ0) is 20.9. The van der Waals surface area contributed by atoms with Gasteiger partial charge in [-0.05, 0) is 42.3 Å². The number of nitrogens with zero attached hydrogens (tertiary/aromatic N) is 3. The van der Waals surface area contributed by atoms with Crippen molar-refractivity contribution in [3.05, 3.63) is 82.5 Å². The standard InChI is InChI=1S/C23H24ClN3O3/c1-17-4-2-6-20(24)22(17)29-16-19-7-8-21(30-19)23(28)27-12-10-26(11-13-27)15-18-5-3-9-25-14-18/h2-9,14H,10-13,15-16H2,1H3. The Morgan fingerprint density at radius 1 is 1.13 bits per heavy atom. The van der Waals surface area contributed by atoms with Crippen LogP contribution in [0.4, 0.5) is 0 Å². The molecule has 0 aliphatic carbocycles. The SMILES string of the molecule is Cc1cccc(Cl)c1OCc1ccc(C(=O)N2CCN(Cc3cccnc3)CC2)o1. The van der Waals surface area contributed by atoms with Gasteiger partial charge >= 0.3 is 0 Å². The summed E-state index contributed by atoms with van der Waals surface area (Å²) in [5.41, 5.74) is 2.14. The number of aryl methyl sites for hydroxylation is 1. The van der Waals surface area contributed by atoms with Gasteiger partial charge in [0.05, 0.1) is 5.02 Å². The molecule has 0 radical (unpaired) electrons. The van der Waals surface area contributed by atoms with Gasteiger partial charge in [0.15, 0.2) is 5.76 Å². The topological polar surface area (TPSA) is 58.8 Å². The summed E-state index contributed by atoms with van der Waals surface area (Å²) in [6.07, 6.45) is 3.66. The number of piperazine rings is 1. The summed E-state index contributed by atoms with van der Waals surface area (Å²) in [6, 6.07) is 13.1. The lowest BCUT2D eigenvalue weighted by Gasteiger charge is -2.34. The van der Waals surface area contributed by atoms with Gasteiger partial charge in [0, 0.05) is 45.1 Å². The smallest absolute Gasteiger partial charge is 0.289 e. The summed E-state index contributed by atoms with van der Waals surface area (Å²) in [7, 11) is 0. The number of ether oxygens (including phenoxy) is 1. The number of benzene rings is 1. The molecule has 2 aromatic heterocycles. The van der Waals surface area contributed by atoms with E-state index in [1.54, 1.807) is 24.4 Å². The van der Waals surface area contributed by atoms with Crippen LogP contribution in [0.25, 0.3) is 0 Å². The van der Waals surface area contributed by atoms with Crippen LogP contribution in [-0.2, 0) is 13.2 Å². The van der Waals surface area contributed by atoms with E-state index < -0.39 is 0 Å². The van der Waals surface area contributed by atoms with E-state index in [4.69, 9.17) is 20.8 Å². The monoisotopic (exact) mass is 425 g/mol. The van der Waals surface area contributed by atoms with Crippen molar-refractivity contribution >= 4 is 17.5 Å². The molecule has 0 unspecified atom stereocenters. The second-order valence-electron chi connectivity index (χ2n) is 7.37. The van der Waals surface area contributed by atoms with Gasteiger partial charge in [0.25, 0.3) is 5.91 Å². The Bertz CT molecular complexity index is 978. The minimum absolute atomic E-state index is 0.0869. The number of hydrogen-bond donors (Lipinski definition) is 0. The van der Waals surface area contributed by atoms with Gasteiger partial charge < -0.3 is 14.1 Å². The molecule has 0 N–H and O–H groups in total. The lowest BCUT2D eigenvalue weighted by Crippen LogP contribution is -2.48. The third-order valence-electron chi connectivity index (χ3n) is 5.18. The van der Waals surface area contributed by atoms with E-state index in [9.17, 15) is 4.79 Å². The molecule has 3 heterocycles. The van der Waals surface area contributed by atoms with Crippen molar-refractivity contribution in [1.82, 2.24) is 14.8 Å². The molecule has 1 amide bonds. The minimum atomic E-state index is -0.0869. The fraction of sp³-hybridized carbons (Fsp3) is 0.304. The number of pyridine rings is 1. The van der Waals surface area contributed by atoms with Crippen LogP contribution in [0.2, 0.25) is 5.02 Å². The van der Waals surface area contributed by atoms with E-state index in [0.717, 1.165) is 25.2 Å². The first kappa shape index (κ1) is 20.4. The number of para-hydroxylation sites is 1. The molecule has 30 heavy (non-hydrogen) atoms. The molecule has 7 heteroatoms. The van der Waals surface area contributed by atoms with Crippen LogP contribution in [-0.4, -0.2) is 46.9 Å². The molecule has 0 atom stereocenters. The molecular weight excluding hydrogens is 402 g/mol. The van der Waals surface area contributed by atoms with Gasteiger partial charge in [-0.25, -0.2) is 0 Å². The average Bonchev–Trinajstić information content (AvgIpc) is 3.23. The van der Waals surface area contributed by atoms with Crippen LogP contribution in [0, 0.1) is 6.92 Å². The summed E-state index contributed by atoms with van der Waals surface area (Å²) in [4.78, 5) is 21.1. The van der Waals surface area contributed by atoms with Crippen LogP contribution < -0.4 is 4.74 Å². The summed E-state index contributed by atoms with van der Waals surface area (Å²) < 4.78 is 11.5. The highest BCUT2D eigenvalue weighted by Crippen LogP contribution is 2.29. The summed E-state index contributed by atoms with van der Waals surface area (Å²) >= 11 is 6.19. The average molecular weight is 426 g/mol. The maximum atomic E-state index is 12.8. The fourth-order valence-electron chi connectivity index (χ4n) is 3.53. The molecule has 1 aliphatic rings. The van der Waals surface area contributed by atoms with Crippen molar-refractivity contribution in [1.29, 1.82) is 0 Å². The van der Waals surface area contributed by atoms with Gasteiger partial charge in [0.1, 0.15) is 18.1 Å². The predicted octanol–water partition coefficient (Wildman–Crippen LogP) is 4.17. The Balaban J connectivity index is 1.30. The number of halogens is 1. The highest BCUT2D eigenvalue weighted by atomic mass is 35.5. The van der Waals surface area contributed by atoms with Gasteiger partial charge in [-0.3, -0.25) is 14.7 Å². The Hall–Kier alpha value is -2.83.